The average molecular weight is 243 g/mol. The average Bonchev–Trinajstić information content (AvgIpc) is 3.15. The fourth-order valence-electron chi connectivity index (χ4n) is 2.34. The lowest BCUT2D eigenvalue weighted by molar-refractivity contribution is 0.318. The molecule has 1 aromatic carbocycles. The van der Waals surface area contributed by atoms with Crippen LogP contribution in [0.3, 0.4) is 0 Å². The molecule has 1 aliphatic carbocycles. The molecule has 1 aromatic heterocycles. The van der Waals surface area contributed by atoms with Crippen LogP contribution in [0.25, 0.3) is 10.9 Å². The van der Waals surface area contributed by atoms with Gasteiger partial charge in [0.2, 0.25) is 0 Å². The molecule has 0 bridgehead atoms. The molecule has 4 heteroatoms. The van der Waals surface area contributed by atoms with Crippen molar-refractivity contribution in [3.63, 3.8) is 0 Å². The summed E-state index contributed by atoms with van der Waals surface area (Å²) < 4.78 is 2.28. The summed E-state index contributed by atoms with van der Waals surface area (Å²) in [6, 6.07) is 7.97. The Balaban J connectivity index is 1.89. The first kappa shape index (κ1) is 11.1. The molecule has 0 atom stereocenters. The van der Waals surface area contributed by atoms with E-state index in [9.17, 15) is 0 Å². The van der Waals surface area contributed by atoms with Crippen LogP contribution in [0.1, 0.15) is 24.8 Å². The summed E-state index contributed by atoms with van der Waals surface area (Å²) in [6.07, 6.45) is 6.18. The van der Waals surface area contributed by atoms with E-state index in [1.54, 1.807) is 0 Å². The summed E-state index contributed by atoms with van der Waals surface area (Å²) in [6.45, 7) is 1.08. The molecule has 2 aromatic rings. The molecule has 0 aliphatic heterocycles. The van der Waals surface area contributed by atoms with E-state index in [0.29, 0.717) is 0 Å². The SMILES string of the molecule is N/C(=N/O)c1ccc2c(ccn2CCC2CC2)c1. The van der Waals surface area contributed by atoms with Gasteiger partial charge in [0.25, 0.3) is 0 Å². The normalized spacial score (nSPS) is 16.3. The van der Waals surface area contributed by atoms with Gasteiger partial charge in [-0.2, -0.15) is 0 Å². The standard InChI is InChI=1S/C14H17N3O/c15-14(16-18)12-3-4-13-11(9-12)6-8-17(13)7-5-10-1-2-10/h3-4,6,8-10,18H,1-2,5,7H2,(H2,15,16). The fourth-order valence-corrected chi connectivity index (χ4v) is 2.34. The second-order valence-corrected chi connectivity index (χ2v) is 5.00. The molecule has 1 heterocycles. The van der Waals surface area contributed by atoms with E-state index in [1.165, 1.54) is 24.8 Å². The summed E-state index contributed by atoms with van der Waals surface area (Å²) in [5, 5.41) is 12.8. The molecule has 1 aliphatic rings. The van der Waals surface area contributed by atoms with Gasteiger partial charge in [-0.05, 0) is 36.6 Å². The Morgan fingerprint density at radius 2 is 2.22 bits per heavy atom. The number of amidine groups is 1. The highest BCUT2D eigenvalue weighted by Gasteiger charge is 2.20. The Kier molecular flexibility index (Phi) is 2.70. The number of rotatable bonds is 4. The van der Waals surface area contributed by atoms with Crippen molar-refractivity contribution in [3.8, 4) is 0 Å². The minimum Gasteiger partial charge on any atom is -0.409 e. The van der Waals surface area contributed by atoms with E-state index < -0.39 is 0 Å². The fraction of sp³-hybridized carbons (Fsp3) is 0.357. The van der Waals surface area contributed by atoms with Gasteiger partial charge in [0.05, 0.1) is 0 Å². The maximum Gasteiger partial charge on any atom is 0.170 e. The first-order valence-electron chi connectivity index (χ1n) is 6.35. The van der Waals surface area contributed by atoms with Crippen molar-refractivity contribution in [2.75, 3.05) is 0 Å². The number of aryl methyl sites for hydroxylation is 1. The number of oxime groups is 1. The highest BCUT2D eigenvalue weighted by atomic mass is 16.4. The summed E-state index contributed by atoms with van der Waals surface area (Å²) in [5.74, 6) is 1.10. The number of fused-ring (bicyclic) bond motifs is 1. The van der Waals surface area contributed by atoms with Gasteiger partial charge in [0, 0.05) is 29.2 Å². The van der Waals surface area contributed by atoms with E-state index in [-0.39, 0.29) is 5.84 Å². The van der Waals surface area contributed by atoms with Crippen LogP contribution in [0.2, 0.25) is 0 Å². The van der Waals surface area contributed by atoms with Gasteiger partial charge in [0.15, 0.2) is 5.84 Å². The highest BCUT2D eigenvalue weighted by molar-refractivity contribution is 6.00. The maximum atomic E-state index is 8.68. The van der Waals surface area contributed by atoms with E-state index in [1.807, 2.05) is 18.2 Å². The van der Waals surface area contributed by atoms with Gasteiger partial charge < -0.3 is 15.5 Å². The van der Waals surface area contributed by atoms with Crippen molar-refractivity contribution in [1.29, 1.82) is 0 Å². The van der Waals surface area contributed by atoms with E-state index in [0.717, 1.165) is 23.4 Å². The van der Waals surface area contributed by atoms with Crippen molar-refractivity contribution in [2.24, 2.45) is 16.8 Å². The molecule has 18 heavy (non-hydrogen) atoms. The van der Waals surface area contributed by atoms with Crippen molar-refractivity contribution >= 4 is 16.7 Å². The maximum absolute atomic E-state index is 8.68. The molecule has 3 N–H and O–H groups in total. The van der Waals surface area contributed by atoms with Crippen LogP contribution in [-0.4, -0.2) is 15.6 Å². The van der Waals surface area contributed by atoms with E-state index in [2.05, 4.69) is 22.0 Å². The van der Waals surface area contributed by atoms with Crippen molar-refractivity contribution in [2.45, 2.75) is 25.8 Å². The van der Waals surface area contributed by atoms with Gasteiger partial charge in [-0.25, -0.2) is 0 Å². The van der Waals surface area contributed by atoms with Crippen molar-refractivity contribution < 1.29 is 5.21 Å². The quantitative estimate of drug-likeness (QED) is 0.375. The van der Waals surface area contributed by atoms with E-state index >= 15 is 0 Å². The summed E-state index contributed by atoms with van der Waals surface area (Å²) in [7, 11) is 0. The van der Waals surface area contributed by atoms with Crippen molar-refractivity contribution in [1.82, 2.24) is 4.57 Å². The topological polar surface area (TPSA) is 63.5 Å². The highest BCUT2D eigenvalue weighted by Crippen LogP contribution is 2.33. The van der Waals surface area contributed by atoms with Gasteiger partial charge >= 0.3 is 0 Å². The molecule has 1 fully saturated rings. The number of nitrogens with two attached hydrogens (primary N) is 1. The van der Waals surface area contributed by atoms with Gasteiger partial charge in [-0.1, -0.05) is 18.0 Å². The zero-order chi connectivity index (χ0) is 12.5. The predicted molar refractivity (Wildman–Crippen MR) is 71.8 cm³/mol. The lowest BCUT2D eigenvalue weighted by Gasteiger charge is -2.05. The van der Waals surface area contributed by atoms with Crippen LogP contribution in [0.4, 0.5) is 0 Å². The van der Waals surface area contributed by atoms with Crippen LogP contribution < -0.4 is 5.73 Å². The lowest BCUT2D eigenvalue weighted by Crippen LogP contribution is -2.12. The third-order valence-corrected chi connectivity index (χ3v) is 3.65. The second kappa shape index (κ2) is 4.37. The number of hydrogen-bond acceptors (Lipinski definition) is 2. The molecule has 1 saturated carbocycles. The van der Waals surface area contributed by atoms with Crippen LogP contribution in [0.5, 0.6) is 0 Å². The van der Waals surface area contributed by atoms with Gasteiger partial charge in [-0.15, -0.1) is 0 Å². The number of benzene rings is 1. The Morgan fingerprint density at radius 1 is 1.39 bits per heavy atom. The molecule has 3 rings (SSSR count). The summed E-state index contributed by atoms with van der Waals surface area (Å²) >= 11 is 0. The largest absolute Gasteiger partial charge is 0.409 e. The van der Waals surface area contributed by atoms with Crippen LogP contribution in [0.15, 0.2) is 35.6 Å². The van der Waals surface area contributed by atoms with Crippen LogP contribution >= 0.6 is 0 Å². The molecule has 0 unspecified atom stereocenters. The molecule has 0 amide bonds. The summed E-state index contributed by atoms with van der Waals surface area (Å²) in [4.78, 5) is 0. The van der Waals surface area contributed by atoms with Crippen LogP contribution in [-0.2, 0) is 6.54 Å². The summed E-state index contributed by atoms with van der Waals surface area (Å²) in [5.41, 5.74) is 7.56. The monoisotopic (exact) mass is 243 g/mol. The zero-order valence-electron chi connectivity index (χ0n) is 10.2. The number of hydrogen-bond donors (Lipinski definition) is 2. The minimum absolute atomic E-state index is 0.155. The lowest BCUT2D eigenvalue weighted by atomic mass is 10.1. The number of nitrogens with zero attached hydrogens (tertiary/aromatic N) is 2. The third-order valence-electron chi connectivity index (χ3n) is 3.65. The van der Waals surface area contributed by atoms with Gasteiger partial charge in [0.1, 0.15) is 0 Å². The molecular formula is C14H17N3O. The Labute approximate surface area is 106 Å². The minimum atomic E-state index is 0.155. The Morgan fingerprint density at radius 3 is 2.94 bits per heavy atom. The third kappa shape index (κ3) is 2.06. The first-order chi connectivity index (χ1) is 8.78. The predicted octanol–water partition coefficient (Wildman–Crippen LogP) is 2.54. The molecule has 4 nitrogen and oxygen atoms in total. The van der Waals surface area contributed by atoms with Crippen molar-refractivity contribution in [3.05, 3.63) is 36.0 Å². The molecular weight excluding hydrogens is 226 g/mol. The molecule has 0 spiro atoms. The van der Waals surface area contributed by atoms with Crippen LogP contribution in [0, 0.1) is 5.92 Å². The Bertz CT molecular complexity index is 596. The smallest absolute Gasteiger partial charge is 0.170 e. The molecule has 94 valence electrons. The second-order valence-electron chi connectivity index (χ2n) is 5.00. The van der Waals surface area contributed by atoms with Gasteiger partial charge in [-0.3, -0.25) is 0 Å². The molecule has 0 saturated heterocycles. The molecule has 0 radical (unpaired) electrons. The number of aromatic nitrogens is 1. The first-order valence-corrected chi connectivity index (χ1v) is 6.35. The van der Waals surface area contributed by atoms with E-state index in [4.69, 9.17) is 10.9 Å². The Hall–Kier alpha value is -1.97. The zero-order valence-corrected chi connectivity index (χ0v) is 10.2.